The maximum atomic E-state index is 10.7. The molecule has 2 rings (SSSR count). The molecule has 0 aromatic carbocycles. The van der Waals surface area contributed by atoms with Gasteiger partial charge >= 0.3 is 5.97 Å². The van der Waals surface area contributed by atoms with Crippen LogP contribution in [0.1, 0.15) is 77.0 Å². The van der Waals surface area contributed by atoms with Crippen LogP contribution in [0.3, 0.4) is 0 Å². The molecule has 10 N–H and O–H groups in total. The van der Waals surface area contributed by atoms with Crippen molar-refractivity contribution in [2.24, 2.45) is 0 Å². The molecule has 0 spiro atoms. The zero-order valence-electron chi connectivity index (χ0n) is 24.5. The molecule has 2 heterocycles. The van der Waals surface area contributed by atoms with E-state index in [1.54, 1.807) is 0 Å². The Hall–Kier alpha value is -1.05. The van der Waals surface area contributed by atoms with Gasteiger partial charge in [0.15, 0.2) is 18.7 Å². The lowest BCUT2D eigenvalue weighted by atomic mass is 9.97. The maximum absolute atomic E-state index is 10.7. The summed E-state index contributed by atoms with van der Waals surface area (Å²) in [5, 5.41) is 98.6. The molecular weight excluding hydrogens is 576 g/mol. The van der Waals surface area contributed by atoms with Crippen LogP contribution < -0.4 is 0 Å². The fourth-order valence-electron chi connectivity index (χ4n) is 5.24. The second kappa shape index (κ2) is 20.2. The molecule has 254 valence electrons. The van der Waals surface area contributed by atoms with Gasteiger partial charge in [-0.2, -0.15) is 0 Å². The van der Waals surface area contributed by atoms with E-state index >= 15 is 0 Å². The van der Waals surface area contributed by atoms with Gasteiger partial charge in [-0.1, -0.05) is 64.2 Å². The molecule has 0 unspecified atom stereocenters. The van der Waals surface area contributed by atoms with Crippen molar-refractivity contribution in [1.82, 2.24) is 0 Å². The molecule has 2 aliphatic heterocycles. The van der Waals surface area contributed by atoms with Crippen LogP contribution in [0.4, 0.5) is 0 Å². The normalized spacial score (nSPS) is 34.6. The maximum Gasteiger partial charge on any atom is 0.332 e. The molecule has 2 aliphatic rings. The summed E-state index contributed by atoms with van der Waals surface area (Å²) in [6, 6.07) is 0. The summed E-state index contributed by atoms with van der Waals surface area (Å²) in [6.45, 7) is -1.55. The van der Waals surface area contributed by atoms with Gasteiger partial charge in [0.25, 0.3) is 0 Å². The predicted molar refractivity (Wildman–Crippen MR) is 147 cm³/mol. The van der Waals surface area contributed by atoms with Crippen LogP contribution in [0.15, 0.2) is 0 Å². The van der Waals surface area contributed by atoms with Crippen molar-refractivity contribution in [2.45, 2.75) is 151 Å². The summed E-state index contributed by atoms with van der Waals surface area (Å²) >= 11 is 0. The smallest absolute Gasteiger partial charge is 0.332 e. The van der Waals surface area contributed by atoms with E-state index in [1.807, 2.05) is 0 Å². The first-order valence-electron chi connectivity index (χ1n) is 15.3. The molecule has 0 bridgehead atoms. The third kappa shape index (κ3) is 12.3. The second-order valence-electron chi connectivity index (χ2n) is 11.5. The molecule has 12 atom stereocenters. The average Bonchev–Trinajstić information content (AvgIpc) is 2.99. The van der Waals surface area contributed by atoms with E-state index < -0.39 is 92.8 Å². The molecule has 15 nitrogen and oxygen atoms in total. The van der Waals surface area contributed by atoms with Gasteiger partial charge < -0.3 is 70.0 Å². The van der Waals surface area contributed by atoms with Crippen molar-refractivity contribution in [3.05, 3.63) is 0 Å². The molecule has 0 aliphatic carbocycles. The molecule has 2 saturated heterocycles. The Labute approximate surface area is 251 Å². The Morgan fingerprint density at radius 3 is 1.65 bits per heavy atom. The molecular formula is C28H52O15. The molecule has 0 aromatic rings. The summed E-state index contributed by atoms with van der Waals surface area (Å²) in [4.78, 5) is 10.6. The van der Waals surface area contributed by atoms with Gasteiger partial charge in [0, 0.05) is 0 Å². The van der Waals surface area contributed by atoms with Crippen LogP contribution in [0.2, 0.25) is 0 Å². The number of hydrogen-bond acceptors (Lipinski definition) is 14. The Morgan fingerprint density at radius 2 is 1.12 bits per heavy atom. The van der Waals surface area contributed by atoms with Crippen molar-refractivity contribution >= 4 is 5.97 Å². The van der Waals surface area contributed by atoms with Crippen LogP contribution >= 0.6 is 0 Å². The summed E-state index contributed by atoms with van der Waals surface area (Å²) in [6.07, 6.45) is -7.05. The molecule has 2 fully saturated rings. The summed E-state index contributed by atoms with van der Waals surface area (Å²) in [5.41, 5.74) is 0. The van der Waals surface area contributed by atoms with Crippen LogP contribution in [0.5, 0.6) is 0 Å². The highest BCUT2D eigenvalue weighted by Gasteiger charge is 2.50. The van der Waals surface area contributed by atoms with Gasteiger partial charge in [-0.05, 0) is 12.8 Å². The lowest BCUT2D eigenvalue weighted by Crippen LogP contribution is -2.64. The first-order valence-corrected chi connectivity index (χ1v) is 15.3. The summed E-state index contributed by atoms with van der Waals surface area (Å²) < 4.78 is 21.8. The number of carbonyl (C=O) groups is 1. The Bertz CT molecular complexity index is 756. The van der Waals surface area contributed by atoms with Gasteiger partial charge in [0.05, 0.1) is 25.9 Å². The highest BCUT2D eigenvalue weighted by atomic mass is 16.7. The molecule has 0 radical (unpaired) electrons. The average molecular weight is 629 g/mol. The zero-order chi connectivity index (χ0) is 31.9. The van der Waals surface area contributed by atoms with Crippen molar-refractivity contribution in [2.75, 3.05) is 19.8 Å². The van der Waals surface area contributed by atoms with Gasteiger partial charge in [0.2, 0.25) is 0 Å². The Morgan fingerprint density at radius 1 is 0.628 bits per heavy atom. The van der Waals surface area contributed by atoms with E-state index in [0.29, 0.717) is 12.8 Å². The lowest BCUT2D eigenvalue weighted by Gasteiger charge is -2.46. The highest BCUT2D eigenvalue weighted by molar-refractivity contribution is 5.71. The monoisotopic (exact) mass is 628 g/mol. The topological polar surface area (TPSA) is 256 Å². The minimum Gasteiger partial charge on any atom is -0.479 e. The Kier molecular flexibility index (Phi) is 17.9. The summed E-state index contributed by atoms with van der Waals surface area (Å²) in [5.74, 6) is -1.17. The molecule has 0 saturated carbocycles. The zero-order valence-corrected chi connectivity index (χ0v) is 24.5. The third-order valence-corrected chi connectivity index (χ3v) is 7.96. The fourth-order valence-corrected chi connectivity index (χ4v) is 5.24. The second-order valence-corrected chi connectivity index (χ2v) is 11.5. The van der Waals surface area contributed by atoms with Crippen molar-refractivity contribution in [3.8, 4) is 0 Å². The fraction of sp³-hybridized carbons (Fsp3) is 0.964. The van der Waals surface area contributed by atoms with E-state index in [9.17, 15) is 50.8 Å². The number of aliphatic hydroxyl groups excluding tert-OH is 9. The molecule has 15 heteroatoms. The minimum atomic E-state index is -1.75. The number of unbranched alkanes of at least 4 members (excludes halogenated alkanes) is 9. The van der Waals surface area contributed by atoms with Gasteiger partial charge in [-0.25, -0.2) is 4.79 Å². The van der Waals surface area contributed by atoms with E-state index in [-0.39, 0.29) is 13.0 Å². The predicted octanol–water partition coefficient (Wildman–Crippen LogP) is -1.89. The van der Waals surface area contributed by atoms with Crippen LogP contribution in [-0.2, 0) is 23.7 Å². The number of carboxylic acids is 1. The van der Waals surface area contributed by atoms with E-state index in [2.05, 4.69) is 0 Å². The molecule has 0 amide bonds. The van der Waals surface area contributed by atoms with Crippen LogP contribution in [-0.4, -0.2) is 150 Å². The summed E-state index contributed by atoms with van der Waals surface area (Å²) in [7, 11) is 0. The number of ether oxygens (including phenoxy) is 4. The van der Waals surface area contributed by atoms with Gasteiger partial charge in [-0.15, -0.1) is 0 Å². The van der Waals surface area contributed by atoms with E-state index in [4.69, 9.17) is 24.1 Å². The van der Waals surface area contributed by atoms with Gasteiger partial charge in [0.1, 0.15) is 48.8 Å². The minimum absolute atomic E-state index is 0.186. The first kappa shape index (κ1) is 38.1. The SMILES string of the molecule is O=C(O)[C@@H](O)CCCCCCCCCCCC[C@@H](O)CO[C@@H]1O[C@H](CO)[C@@H](O[C@@H]2O[C@H](CO)[C@@H](O)[C@H](O)[C@H]2O)[C@H](O)[C@H]1O. The first-order chi connectivity index (χ1) is 20.5. The molecule has 43 heavy (non-hydrogen) atoms. The highest BCUT2D eigenvalue weighted by Crippen LogP contribution is 2.29. The van der Waals surface area contributed by atoms with Gasteiger partial charge in [-0.3, -0.25) is 0 Å². The lowest BCUT2D eigenvalue weighted by molar-refractivity contribution is -0.360. The Balaban J connectivity index is 1.61. The van der Waals surface area contributed by atoms with E-state index in [0.717, 1.165) is 57.8 Å². The third-order valence-electron chi connectivity index (χ3n) is 7.96. The number of rotatable bonds is 21. The van der Waals surface area contributed by atoms with Crippen LogP contribution in [0.25, 0.3) is 0 Å². The standard InChI is InChI=1S/C28H52O15/c29-13-18-20(33)21(34)23(36)28(41-18)43-25-19(14-30)42-27(24(37)22(25)35)40-15-16(31)11-9-7-5-3-1-2-4-6-8-10-12-17(32)26(38)39/h16-25,27-37H,1-15H2,(H,38,39)/t16-,17+,18-,19-,20-,21+,22-,23-,24-,25-,27-,28+/m1/s1. The largest absolute Gasteiger partial charge is 0.479 e. The number of hydrogen-bond donors (Lipinski definition) is 10. The van der Waals surface area contributed by atoms with Crippen molar-refractivity contribution in [3.63, 3.8) is 0 Å². The number of aliphatic hydroxyl groups is 9. The van der Waals surface area contributed by atoms with Crippen molar-refractivity contribution in [1.29, 1.82) is 0 Å². The van der Waals surface area contributed by atoms with E-state index in [1.165, 1.54) is 0 Å². The number of carboxylic acid groups (broad SMARTS) is 1. The molecule has 0 aromatic heterocycles. The quantitative estimate of drug-likeness (QED) is 0.0624. The van der Waals surface area contributed by atoms with Crippen LogP contribution in [0, 0.1) is 0 Å². The number of aliphatic carboxylic acids is 1. The van der Waals surface area contributed by atoms with Crippen molar-refractivity contribution < 1.29 is 74.8 Å².